The maximum atomic E-state index is 12.2. The predicted octanol–water partition coefficient (Wildman–Crippen LogP) is 1.72. The van der Waals surface area contributed by atoms with Crippen molar-refractivity contribution >= 4 is 5.82 Å². The van der Waals surface area contributed by atoms with Crippen LogP contribution in [-0.2, 0) is 13.0 Å². The number of pyridine rings is 1. The predicted molar refractivity (Wildman–Crippen MR) is 59.7 cm³/mol. The number of hydrogen-bond donors (Lipinski definition) is 1. The highest BCUT2D eigenvalue weighted by Gasteiger charge is 2.11. The van der Waals surface area contributed by atoms with Gasteiger partial charge >= 0.3 is 0 Å². The summed E-state index contributed by atoms with van der Waals surface area (Å²) < 4.78 is 26.0. The van der Waals surface area contributed by atoms with E-state index in [0.29, 0.717) is 12.1 Å². The summed E-state index contributed by atoms with van der Waals surface area (Å²) in [6.07, 6.45) is 2.13. The number of halogens is 2. The lowest BCUT2D eigenvalue weighted by atomic mass is 10.2. The van der Waals surface area contributed by atoms with Gasteiger partial charge in [-0.05, 0) is 17.7 Å². The van der Waals surface area contributed by atoms with Gasteiger partial charge in [0.05, 0.1) is 6.54 Å². The van der Waals surface area contributed by atoms with Gasteiger partial charge in [-0.1, -0.05) is 0 Å². The van der Waals surface area contributed by atoms with Crippen LogP contribution in [0.2, 0.25) is 0 Å². The molecule has 0 aliphatic heterocycles. The van der Waals surface area contributed by atoms with Gasteiger partial charge < -0.3 is 5.73 Å². The van der Waals surface area contributed by atoms with Crippen molar-refractivity contribution in [3.05, 3.63) is 41.9 Å². The molecule has 4 nitrogen and oxygen atoms in total. The molecule has 0 bridgehead atoms. The molecule has 2 aromatic heterocycles. The Labute approximate surface area is 97.1 Å². The molecule has 0 atom stereocenters. The Morgan fingerprint density at radius 2 is 2.00 bits per heavy atom. The second-order valence-electron chi connectivity index (χ2n) is 3.69. The number of nitrogens with two attached hydrogens (primary N) is 1. The smallest absolute Gasteiger partial charge is 0.242 e. The Morgan fingerprint density at radius 3 is 2.65 bits per heavy atom. The number of nitrogens with zero attached hydrogens (tertiary/aromatic N) is 3. The van der Waals surface area contributed by atoms with Gasteiger partial charge in [-0.25, -0.2) is 8.78 Å². The van der Waals surface area contributed by atoms with Crippen LogP contribution >= 0.6 is 0 Å². The lowest BCUT2D eigenvalue weighted by Crippen LogP contribution is -2.00. The van der Waals surface area contributed by atoms with Crippen molar-refractivity contribution in [3.63, 3.8) is 0 Å². The van der Waals surface area contributed by atoms with E-state index in [0.717, 1.165) is 5.56 Å². The van der Waals surface area contributed by atoms with Gasteiger partial charge in [0.25, 0.3) is 0 Å². The summed E-state index contributed by atoms with van der Waals surface area (Å²) in [6, 6.07) is 3.68. The molecule has 0 amide bonds. The van der Waals surface area contributed by atoms with Crippen LogP contribution in [0.15, 0.2) is 30.7 Å². The summed E-state index contributed by atoms with van der Waals surface area (Å²) in [6.45, 7) is 0.496. The molecule has 0 unspecified atom stereocenters. The van der Waals surface area contributed by atoms with Crippen LogP contribution in [0.25, 0.3) is 0 Å². The average molecular weight is 238 g/mol. The minimum absolute atomic E-state index is 0.166. The summed E-state index contributed by atoms with van der Waals surface area (Å²) in [5.74, 6) is 0.166. The van der Waals surface area contributed by atoms with Gasteiger partial charge in [0.15, 0.2) is 0 Å². The Kier molecular flexibility index (Phi) is 3.32. The van der Waals surface area contributed by atoms with Gasteiger partial charge in [-0.15, -0.1) is 0 Å². The summed E-state index contributed by atoms with van der Waals surface area (Å²) in [7, 11) is 0. The molecule has 2 rings (SSSR count). The number of alkyl halides is 2. The van der Waals surface area contributed by atoms with E-state index in [-0.39, 0.29) is 12.2 Å². The normalized spacial score (nSPS) is 11.0. The maximum absolute atomic E-state index is 12.2. The SMILES string of the molecule is Nc1nn(Cc2ccncc2)cc1CC(F)F. The number of hydrogen-bond acceptors (Lipinski definition) is 3. The molecule has 90 valence electrons. The van der Waals surface area contributed by atoms with Crippen molar-refractivity contribution in [3.8, 4) is 0 Å². The molecular formula is C11H12F2N4. The number of rotatable bonds is 4. The van der Waals surface area contributed by atoms with Gasteiger partial charge in [0.1, 0.15) is 5.82 Å². The molecule has 17 heavy (non-hydrogen) atoms. The largest absolute Gasteiger partial charge is 0.382 e. The topological polar surface area (TPSA) is 56.7 Å². The first-order chi connectivity index (χ1) is 8.15. The maximum Gasteiger partial charge on any atom is 0.242 e. The molecule has 2 heterocycles. The van der Waals surface area contributed by atoms with E-state index < -0.39 is 6.43 Å². The van der Waals surface area contributed by atoms with E-state index in [1.807, 2.05) is 12.1 Å². The number of nitrogen functional groups attached to an aromatic ring is 1. The van der Waals surface area contributed by atoms with Gasteiger partial charge in [0, 0.05) is 30.6 Å². The quantitative estimate of drug-likeness (QED) is 0.882. The summed E-state index contributed by atoms with van der Waals surface area (Å²) in [5, 5.41) is 4.00. The highest BCUT2D eigenvalue weighted by molar-refractivity contribution is 5.37. The highest BCUT2D eigenvalue weighted by Crippen LogP contribution is 2.14. The number of aromatic nitrogens is 3. The molecular weight excluding hydrogens is 226 g/mol. The van der Waals surface area contributed by atoms with Crippen molar-refractivity contribution in [1.82, 2.24) is 14.8 Å². The van der Waals surface area contributed by atoms with Crippen LogP contribution in [0.3, 0.4) is 0 Å². The second-order valence-corrected chi connectivity index (χ2v) is 3.69. The Morgan fingerprint density at radius 1 is 1.29 bits per heavy atom. The molecule has 0 fully saturated rings. The van der Waals surface area contributed by atoms with Crippen molar-refractivity contribution in [2.75, 3.05) is 5.73 Å². The third kappa shape index (κ3) is 2.99. The van der Waals surface area contributed by atoms with Gasteiger partial charge in [-0.3, -0.25) is 9.67 Å². The Hall–Kier alpha value is -1.98. The Balaban J connectivity index is 2.12. The molecule has 0 radical (unpaired) electrons. The highest BCUT2D eigenvalue weighted by atomic mass is 19.3. The van der Waals surface area contributed by atoms with Gasteiger partial charge in [0.2, 0.25) is 6.43 Å². The van der Waals surface area contributed by atoms with Crippen LogP contribution in [0.1, 0.15) is 11.1 Å². The fourth-order valence-electron chi connectivity index (χ4n) is 1.56. The summed E-state index contributed by atoms with van der Waals surface area (Å²) in [4.78, 5) is 3.90. The molecule has 0 aliphatic carbocycles. The fraction of sp³-hybridized carbons (Fsp3) is 0.273. The molecule has 0 spiro atoms. The van der Waals surface area contributed by atoms with Gasteiger partial charge in [-0.2, -0.15) is 5.10 Å². The molecule has 2 aromatic rings. The lowest BCUT2D eigenvalue weighted by Gasteiger charge is -2.00. The lowest BCUT2D eigenvalue weighted by molar-refractivity contribution is 0.149. The van der Waals surface area contributed by atoms with Crippen LogP contribution in [0, 0.1) is 0 Å². The molecule has 0 aliphatic rings. The van der Waals surface area contributed by atoms with Crippen molar-refractivity contribution < 1.29 is 8.78 Å². The Bertz CT molecular complexity index is 481. The third-order valence-electron chi connectivity index (χ3n) is 2.34. The minimum atomic E-state index is -2.41. The molecule has 6 heteroatoms. The summed E-state index contributed by atoms with van der Waals surface area (Å²) in [5.41, 5.74) is 6.94. The van der Waals surface area contributed by atoms with E-state index >= 15 is 0 Å². The zero-order valence-electron chi connectivity index (χ0n) is 9.05. The monoisotopic (exact) mass is 238 g/mol. The van der Waals surface area contributed by atoms with Crippen LogP contribution < -0.4 is 5.73 Å². The first-order valence-corrected chi connectivity index (χ1v) is 5.14. The number of anilines is 1. The first-order valence-electron chi connectivity index (χ1n) is 5.14. The molecule has 0 aromatic carbocycles. The van der Waals surface area contributed by atoms with Crippen LogP contribution in [-0.4, -0.2) is 21.2 Å². The average Bonchev–Trinajstić information content (AvgIpc) is 2.59. The van der Waals surface area contributed by atoms with E-state index in [1.54, 1.807) is 23.3 Å². The second kappa shape index (κ2) is 4.90. The molecule has 2 N–H and O–H groups in total. The molecule has 0 saturated carbocycles. The van der Waals surface area contributed by atoms with Crippen LogP contribution in [0.5, 0.6) is 0 Å². The fourth-order valence-corrected chi connectivity index (χ4v) is 1.56. The van der Waals surface area contributed by atoms with Crippen molar-refractivity contribution in [2.45, 2.75) is 19.4 Å². The van der Waals surface area contributed by atoms with Crippen LogP contribution in [0.4, 0.5) is 14.6 Å². The zero-order chi connectivity index (χ0) is 12.3. The zero-order valence-corrected chi connectivity index (χ0v) is 9.05. The van der Waals surface area contributed by atoms with E-state index in [2.05, 4.69) is 10.1 Å². The van der Waals surface area contributed by atoms with E-state index in [4.69, 9.17) is 5.73 Å². The van der Waals surface area contributed by atoms with Crippen molar-refractivity contribution in [1.29, 1.82) is 0 Å². The first kappa shape index (κ1) is 11.5. The van der Waals surface area contributed by atoms with E-state index in [9.17, 15) is 8.78 Å². The van der Waals surface area contributed by atoms with Crippen molar-refractivity contribution in [2.24, 2.45) is 0 Å². The van der Waals surface area contributed by atoms with E-state index in [1.165, 1.54) is 0 Å². The minimum Gasteiger partial charge on any atom is -0.382 e. The third-order valence-corrected chi connectivity index (χ3v) is 2.34. The summed E-state index contributed by atoms with van der Waals surface area (Å²) >= 11 is 0. The molecule has 0 saturated heterocycles. The standard InChI is InChI=1S/C11H12F2N4/c12-10(13)5-9-7-17(16-11(9)14)6-8-1-3-15-4-2-8/h1-4,7,10H,5-6H2,(H2,14,16).